The van der Waals surface area contributed by atoms with Crippen LogP contribution in [0, 0.1) is 0 Å². The first-order chi connectivity index (χ1) is 8.75. The molecule has 0 radical (unpaired) electrons. The van der Waals surface area contributed by atoms with Crippen molar-refractivity contribution in [2.45, 2.75) is 0 Å². The van der Waals surface area contributed by atoms with Crippen LogP contribution in [-0.4, -0.2) is 5.97 Å². The van der Waals surface area contributed by atoms with Crippen LogP contribution in [0.25, 0.3) is 6.08 Å². The fourth-order valence-electron chi connectivity index (χ4n) is 1.43. The van der Waals surface area contributed by atoms with Crippen molar-refractivity contribution in [2.24, 2.45) is 0 Å². The van der Waals surface area contributed by atoms with E-state index in [1.54, 1.807) is 30.3 Å². The summed E-state index contributed by atoms with van der Waals surface area (Å²) in [7, 11) is 0. The topological polar surface area (TPSA) is 52.3 Å². The molecule has 3 heteroatoms. The fraction of sp³-hybridized carbons (Fsp3) is 0. The maximum atomic E-state index is 11.6. The van der Waals surface area contributed by atoms with Gasteiger partial charge >= 0.3 is 5.97 Å². The number of nitrogens with two attached hydrogens (primary N) is 1. The van der Waals surface area contributed by atoms with Gasteiger partial charge in [-0.1, -0.05) is 30.3 Å². The number of rotatable bonds is 3. The molecule has 3 nitrogen and oxygen atoms in total. The Labute approximate surface area is 106 Å². The Bertz CT molecular complexity index is 544. The Morgan fingerprint density at radius 1 is 1.00 bits per heavy atom. The highest BCUT2D eigenvalue weighted by atomic mass is 16.5. The van der Waals surface area contributed by atoms with E-state index >= 15 is 0 Å². The molecule has 90 valence electrons. The highest BCUT2D eigenvalue weighted by molar-refractivity contribution is 5.90. The molecule has 0 heterocycles. The summed E-state index contributed by atoms with van der Waals surface area (Å²) in [6, 6.07) is 16.2. The van der Waals surface area contributed by atoms with Gasteiger partial charge in [-0.3, -0.25) is 0 Å². The molecular formula is C15H13NO2. The number of carbonyl (C=O) groups is 1. The third-order valence-corrected chi connectivity index (χ3v) is 2.38. The molecule has 0 amide bonds. The third-order valence-electron chi connectivity index (χ3n) is 2.38. The Morgan fingerprint density at radius 3 is 2.33 bits per heavy atom. The lowest BCUT2D eigenvalue weighted by molar-refractivity contribution is 0.0665. The molecule has 0 saturated carbocycles. The van der Waals surface area contributed by atoms with Crippen LogP contribution in [0.2, 0.25) is 0 Å². The second-order valence-corrected chi connectivity index (χ2v) is 3.74. The molecule has 0 saturated heterocycles. The standard InChI is InChI=1S/C15H13NO2/c16-14-8-6-13(7-9-14)15(17)18-11-10-12-4-2-1-3-5-12/h1-11H,16H2. The van der Waals surface area contributed by atoms with Gasteiger partial charge in [-0.15, -0.1) is 0 Å². The van der Waals surface area contributed by atoms with E-state index in [4.69, 9.17) is 10.5 Å². The number of hydrogen-bond donors (Lipinski definition) is 1. The second-order valence-electron chi connectivity index (χ2n) is 3.74. The predicted octanol–water partition coefficient (Wildman–Crippen LogP) is 3.10. The Balaban J connectivity index is 1.96. The lowest BCUT2D eigenvalue weighted by Gasteiger charge is -1.99. The van der Waals surface area contributed by atoms with E-state index in [0.29, 0.717) is 11.3 Å². The smallest absolute Gasteiger partial charge is 0.342 e. The monoisotopic (exact) mass is 239 g/mol. The number of hydrogen-bond acceptors (Lipinski definition) is 3. The Kier molecular flexibility index (Phi) is 3.76. The average Bonchev–Trinajstić information content (AvgIpc) is 2.40. The summed E-state index contributed by atoms with van der Waals surface area (Å²) in [6.45, 7) is 0. The zero-order valence-electron chi connectivity index (χ0n) is 9.74. The highest BCUT2D eigenvalue weighted by Crippen LogP contribution is 2.08. The lowest BCUT2D eigenvalue weighted by atomic mass is 10.2. The summed E-state index contributed by atoms with van der Waals surface area (Å²) in [5, 5.41) is 0. The molecule has 0 aliphatic carbocycles. The van der Waals surface area contributed by atoms with Crippen LogP contribution >= 0.6 is 0 Å². The van der Waals surface area contributed by atoms with Crippen LogP contribution in [0.4, 0.5) is 5.69 Å². The van der Waals surface area contributed by atoms with Gasteiger partial charge in [0, 0.05) is 5.69 Å². The molecule has 0 aliphatic rings. The maximum Gasteiger partial charge on any atom is 0.342 e. The van der Waals surface area contributed by atoms with E-state index in [9.17, 15) is 4.79 Å². The Hall–Kier alpha value is -2.55. The summed E-state index contributed by atoms with van der Waals surface area (Å²) < 4.78 is 5.01. The predicted molar refractivity (Wildman–Crippen MR) is 71.7 cm³/mol. The van der Waals surface area contributed by atoms with Gasteiger partial charge in [0.2, 0.25) is 0 Å². The minimum atomic E-state index is -0.401. The van der Waals surface area contributed by atoms with E-state index in [1.165, 1.54) is 6.26 Å². The maximum absolute atomic E-state index is 11.6. The molecule has 0 bridgehead atoms. The molecule has 18 heavy (non-hydrogen) atoms. The molecular weight excluding hydrogens is 226 g/mol. The number of esters is 1. The normalized spacial score (nSPS) is 10.4. The lowest BCUT2D eigenvalue weighted by Crippen LogP contribution is -2.00. The first-order valence-electron chi connectivity index (χ1n) is 5.54. The largest absolute Gasteiger partial charge is 0.431 e. The first kappa shape index (κ1) is 11.9. The first-order valence-corrected chi connectivity index (χ1v) is 5.54. The number of carbonyl (C=O) groups excluding carboxylic acids is 1. The van der Waals surface area contributed by atoms with E-state index in [-0.39, 0.29) is 0 Å². The van der Waals surface area contributed by atoms with Crippen LogP contribution in [0.15, 0.2) is 60.9 Å². The van der Waals surface area contributed by atoms with Crippen molar-refractivity contribution >= 4 is 17.7 Å². The number of benzene rings is 2. The third kappa shape index (κ3) is 3.22. The van der Waals surface area contributed by atoms with Gasteiger partial charge in [0.15, 0.2) is 0 Å². The zero-order valence-corrected chi connectivity index (χ0v) is 9.74. The number of ether oxygens (including phenoxy) is 1. The summed E-state index contributed by atoms with van der Waals surface area (Å²) in [6.07, 6.45) is 3.11. The molecule has 2 rings (SSSR count). The number of anilines is 1. The van der Waals surface area contributed by atoms with Crippen molar-refractivity contribution in [3.05, 3.63) is 72.0 Å². The van der Waals surface area contributed by atoms with E-state index in [1.807, 2.05) is 30.3 Å². The van der Waals surface area contributed by atoms with Crippen molar-refractivity contribution < 1.29 is 9.53 Å². The summed E-state index contributed by atoms with van der Waals surface area (Å²) >= 11 is 0. The molecule has 0 atom stereocenters. The molecule has 0 aliphatic heterocycles. The zero-order chi connectivity index (χ0) is 12.8. The SMILES string of the molecule is Nc1ccc(C(=O)OC=Cc2ccccc2)cc1. The minimum absolute atomic E-state index is 0.401. The summed E-state index contributed by atoms with van der Waals surface area (Å²) in [5.41, 5.74) is 7.60. The second kappa shape index (κ2) is 5.68. The Morgan fingerprint density at radius 2 is 1.67 bits per heavy atom. The van der Waals surface area contributed by atoms with Crippen molar-refractivity contribution in [2.75, 3.05) is 5.73 Å². The number of nitrogen functional groups attached to an aromatic ring is 1. The van der Waals surface area contributed by atoms with Crippen LogP contribution < -0.4 is 5.73 Å². The minimum Gasteiger partial charge on any atom is -0.431 e. The van der Waals surface area contributed by atoms with Crippen LogP contribution in [0.3, 0.4) is 0 Å². The van der Waals surface area contributed by atoms with Gasteiger partial charge in [0.25, 0.3) is 0 Å². The molecule has 2 aromatic carbocycles. The van der Waals surface area contributed by atoms with Crippen molar-refractivity contribution in [1.29, 1.82) is 0 Å². The van der Waals surface area contributed by atoms with Gasteiger partial charge in [0.05, 0.1) is 11.8 Å². The van der Waals surface area contributed by atoms with Gasteiger partial charge in [-0.2, -0.15) is 0 Å². The van der Waals surface area contributed by atoms with Crippen LogP contribution in [0.1, 0.15) is 15.9 Å². The summed E-state index contributed by atoms with van der Waals surface area (Å²) in [5.74, 6) is -0.401. The fourth-order valence-corrected chi connectivity index (χ4v) is 1.43. The van der Waals surface area contributed by atoms with Gasteiger partial charge in [0.1, 0.15) is 0 Å². The highest BCUT2D eigenvalue weighted by Gasteiger charge is 2.04. The molecule has 0 spiro atoms. The van der Waals surface area contributed by atoms with E-state index in [0.717, 1.165) is 5.56 Å². The summed E-state index contributed by atoms with van der Waals surface area (Å²) in [4.78, 5) is 11.6. The van der Waals surface area contributed by atoms with Crippen molar-refractivity contribution in [3.63, 3.8) is 0 Å². The van der Waals surface area contributed by atoms with Gasteiger partial charge < -0.3 is 10.5 Å². The van der Waals surface area contributed by atoms with E-state index in [2.05, 4.69) is 0 Å². The van der Waals surface area contributed by atoms with Crippen molar-refractivity contribution in [1.82, 2.24) is 0 Å². The molecule has 0 aromatic heterocycles. The van der Waals surface area contributed by atoms with Gasteiger partial charge in [-0.05, 0) is 35.9 Å². The van der Waals surface area contributed by atoms with Crippen molar-refractivity contribution in [3.8, 4) is 0 Å². The molecule has 2 aromatic rings. The van der Waals surface area contributed by atoms with Crippen LogP contribution in [0.5, 0.6) is 0 Å². The average molecular weight is 239 g/mol. The van der Waals surface area contributed by atoms with E-state index < -0.39 is 5.97 Å². The van der Waals surface area contributed by atoms with Crippen LogP contribution in [-0.2, 0) is 4.74 Å². The van der Waals surface area contributed by atoms with Gasteiger partial charge in [-0.25, -0.2) is 4.79 Å². The molecule has 0 unspecified atom stereocenters. The quantitative estimate of drug-likeness (QED) is 0.508. The molecule has 0 fully saturated rings. The molecule has 2 N–H and O–H groups in total.